The van der Waals surface area contributed by atoms with Crippen LogP contribution in [0.3, 0.4) is 0 Å². The van der Waals surface area contributed by atoms with Gasteiger partial charge in [0.05, 0.1) is 19.8 Å². The molecule has 1 N–H and O–H groups in total. The van der Waals surface area contributed by atoms with Crippen molar-refractivity contribution in [3.05, 3.63) is 0 Å². The second kappa shape index (κ2) is 7.10. The third-order valence-electron chi connectivity index (χ3n) is 3.30. The highest BCUT2D eigenvalue weighted by atomic mass is 16.5. The number of nitrogens with zero attached hydrogens (tertiary/aromatic N) is 1. The van der Waals surface area contributed by atoms with E-state index in [-0.39, 0.29) is 11.4 Å². The summed E-state index contributed by atoms with van der Waals surface area (Å²) in [6.45, 7) is 12.3. The van der Waals surface area contributed by atoms with Crippen LogP contribution in [0.5, 0.6) is 0 Å². The first-order valence-corrected chi connectivity index (χ1v) is 7.00. The summed E-state index contributed by atoms with van der Waals surface area (Å²) in [4.78, 5) is 14.1. The van der Waals surface area contributed by atoms with Crippen molar-refractivity contribution in [1.29, 1.82) is 0 Å². The Morgan fingerprint density at radius 3 is 2.50 bits per heavy atom. The first kappa shape index (κ1) is 15.4. The summed E-state index contributed by atoms with van der Waals surface area (Å²) in [7, 11) is 0. The number of carbonyl (C=O) groups is 1. The second-order valence-corrected chi connectivity index (χ2v) is 6.25. The molecule has 0 aromatic heterocycles. The minimum Gasteiger partial charge on any atom is -0.379 e. The normalized spacial score (nSPS) is 18.1. The third-order valence-corrected chi connectivity index (χ3v) is 3.30. The zero-order valence-electron chi connectivity index (χ0n) is 12.3. The lowest BCUT2D eigenvalue weighted by Gasteiger charge is -2.30. The van der Waals surface area contributed by atoms with Gasteiger partial charge in [0.2, 0.25) is 5.91 Å². The van der Waals surface area contributed by atoms with Crippen LogP contribution in [0.2, 0.25) is 0 Å². The number of hydrogen-bond donors (Lipinski definition) is 1. The lowest BCUT2D eigenvalue weighted by atomic mass is 9.94. The summed E-state index contributed by atoms with van der Waals surface area (Å²) in [5.41, 5.74) is -0.104. The Hall–Kier alpha value is -0.610. The van der Waals surface area contributed by atoms with Crippen LogP contribution in [0.1, 0.15) is 40.5 Å². The van der Waals surface area contributed by atoms with Crippen LogP contribution in [0.15, 0.2) is 0 Å². The number of ether oxygens (including phenoxy) is 1. The molecule has 0 unspecified atom stereocenters. The molecule has 0 saturated carbocycles. The predicted molar refractivity (Wildman–Crippen MR) is 73.6 cm³/mol. The van der Waals surface area contributed by atoms with Gasteiger partial charge in [0.25, 0.3) is 0 Å². The number of carbonyl (C=O) groups excluding carboxylic acids is 1. The van der Waals surface area contributed by atoms with E-state index in [9.17, 15) is 4.79 Å². The Labute approximate surface area is 111 Å². The fourth-order valence-corrected chi connectivity index (χ4v) is 2.09. The number of morpholine rings is 1. The van der Waals surface area contributed by atoms with Crippen molar-refractivity contribution in [2.24, 2.45) is 5.92 Å². The molecule has 1 aliphatic rings. The Morgan fingerprint density at radius 1 is 1.33 bits per heavy atom. The van der Waals surface area contributed by atoms with Gasteiger partial charge in [-0.25, -0.2) is 0 Å². The van der Waals surface area contributed by atoms with Crippen molar-refractivity contribution in [2.45, 2.75) is 46.1 Å². The van der Waals surface area contributed by atoms with Gasteiger partial charge in [-0.05, 0) is 32.6 Å². The van der Waals surface area contributed by atoms with Crippen LogP contribution in [0, 0.1) is 5.92 Å². The highest BCUT2D eigenvalue weighted by Gasteiger charge is 2.22. The first-order valence-electron chi connectivity index (χ1n) is 7.00. The van der Waals surface area contributed by atoms with Gasteiger partial charge in [0, 0.05) is 18.6 Å². The van der Waals surface area contributed by atoms with Gasteiger partial charge in [0.15, 0.2) is 0 Å². The van der Waals surface area contributed by atoms with Crippen molar-refractivity contribution in [1.82, 2.24) is 10.2 Å². The molecule has 0 aromatic rings. The van der Waals surface area contributed by atoms with Crippen molar-refractivity contribution < 1.29 is 9.53 Å². The molecule has 1 fully saturated rings. The lowest BCUT2D eigenvalue weighted by Crippen LogP contribution is -2.49. The van der Waals surface area contributed by atoms with Crippen LogP contribution < -0.4 is 5.32 Å². The van der Waals surface area contributed by atoms with E-state index in [1.54, 1.807) is 0 Å². The minimum absolute atomic E-state index is 0.104. The monoisotopic (exact) mass is 256 g/mol. The predicted octanol–water partition coefficient (Wildman–Crippen LogP) is 1.65. The molecule has 0 atom stereocenters. The Kier molecular flexibility index (Phi) is 6.09. The second-order valence-electron chi connectivity index (χ2n) is 6.25. The van der Waals surface area contributed by atoms with E-state index < -0.39 is 0 Å². The summed E-state index contributed by atoms with van der Waals surface area (Å²) in [6, 6.07) is 0. The minimum atomic E-state index is -0.104. The SMILES string of the molecule is CC(C)CCC(C)(C)NC(=O)CN1CCOCC1. The van der Waals surface area contributed by atoms with Crippen molar-refractivity contribution in [2.75, 3.05) is 32.8 Å². The molecule has 0 aliphatic carbocycles. The molecule has 0 radical (unpaired) electrons. The zero-order valence-corrected chi connectivity index (χ0v) is 12.3. The Morgan fingerprint density at radius 2 is 1.94 bits per heavy atom. The van der Waals surface area contributed by atoms with E-state index in [0.29, 0.717) is 12.5 Å². The highest BCUT2D eigenvalue weighted by molar-refractivity contribution is 5.78. The van der Waals surface area contributed by atoms with E-state index in [4.69, 9.17) is 4.74 Å². The summed E-state index contributed by atoms with van der Waals surface area (Å²) in [5, 5.41) is 3.14. The molecule has 1 heterocycles. The van der Waals surface area contributed by atoms with Crippen LogP contribution >= 0.6 is 0 Å². The zero-order chi connectivity index (χ0) is 13.6. The van der Waals surface area contributed by atoms with E-state index in [2.05, 4.69) is 37.9 Å². The molecule has 18 heavy (non-hydrogen) atoms. The van der Waals surface area contributed by atoms with E-state index in [0.717, 1.165) is 39.1 Å². The summed E-state index contributed by atoms with van der Waals surface area (Å²) >= 11 is 0. The summed E-state index contributed by atoms with van der Waals surface area (Å²) < 4.78 is 5.27. The molecule has 1 aliphatic heterocycles. The molecule has 4 nitrogen and oxygen atoms in total. The summed E-state index contributed by atoms with van der Waals surface area (Å²) in [5.74, 6) is 0.811. The van der Waals surface area contributed by atoms with Crippen LogP contribution in [0.4, 0.5) is 0 Å². The number of hydrogen-bond acceptors (Lipinski definition) is 3. The van der Waals surface area contributed by atoms with E-state index >= 15 is 0 Å². The maximum atomic E-state index is 12.0. The smallest absolute Gasteiger partial charge is 0.234 e. The largest absolute Gasteiger partial charge is 0.379 e. The fourth-order valence-electron chi connectivity index (χ4n) is 2.09. The van der Waals surface area contributed by atoms with Crippen LogP contribution in [-0.4, -0.2) is 49.2 Å². The maximum absolute atomic E-state index is 12.0. The van der Waals surface area contributed by atoms with Gasteiger partial charge in [-0.1, -0.05) is 13.8 Å². The van der Waals surface area contributed by atoms with Gasteiger partial charge < -0.3 is 10.1 Å². The van der Waals surface area contributed by atoms with Crippen LogP contribution in [0.25, 0.3) is 0 Å². The van der Waals surface area contributed by atoms with Gasteiger partial charge in [-0.3, -0.25) is 9.69 Å². The maximum Gasteiger partial charge on any atom is 0.234 e. The van der Waals surface area contributed by atoms with Crippen molar-refractivity contribution in [3.63, 3.8) is 0 Å². The standard InChI is InChI=1S/C14H28N2O2/c1-12(2)5-6-14(3,4)15-13(17)11-16-7-9-18-10-8-16/h12H,5-11H2,1-4H3,(H,15,17). The highest BCUT2D eigenvalue weighted by Crippen LogP contribution is 2.15. The first-order chi connectivity index (χ1) is 8.39. The van der Waals surface area contributed by atoms with Crippen molar-refractivity contribution in [3.8, 4) is 0 Å². The molecular formula is C14H28N2O2. The molecule has 0 bridgehead atoms. The van der Waals surface area contributed by atoms with E-state index in [1.807, 2.05) is 0 Å². The van der Waals surface area contributed by atoms with Crippen LogP contribution in [-0.2, 0) is 9.53 Å². The molecular weight excluding hydrogens is 228 g/mol. The van der Waals surface area contributed by atoms with Crippen molar-refractivity contribution >= 4 is 5.91 Å². The Balaban J connectivity index is 2.28. The van der Waals surface area contributed by atoms with Gasteiger partial charge in [0.1, 0.15) is 0 Å². The molecule has 4 heteroatoms. The van der Waals surface area contributed by atoms with E-state index in [1.165, 1.54) is 0 Å². The molecule has 1 amide bonds. The van der Waals surface area contributed by atoms with Gasteiger partial charge in [-0.15, -0.1) is 0 Å². The molecule has 0 spiro atoms. The van der Waals surface area contributed by atoms with Gasteiger partial charge in [-0.2, -0.15) is 0 Å². The molecule has 1 saturated heterocycles. The molecule has 1 rings (SSSR count). The fraction of sp³-hybridized carbons (Fsp3) is 0.929. The topological polar surface area (TPSA) is 41.6 Å². The lowest BCUT2D eigenvalue weighted by molar-refractivity contribution is -0.124. The number of nitrogens with one attached hydrogen (secondary N) is 1. The quantitative estimate of drug-likeness (QED) is 0.785. The average Bonchev–Trinajstić information content (AvgIpc) is 2.27. The Bertz CT molecular complexity index is 259. The number of amides is 1. The van der Waals surface area contributed by atoms with Gasteiger partial charge >= 0.3 is 0 Å². The number of rotatable bonds is 6. The summed E-state index contributed by atoms with van der Waals surface area (Å²) in [6.07, 6.45) is 2.17. The third kappa shape index (κ3) is 6.36. The molecule has 0 aromatic carbocycles. The molecule has 106 valence electrons. The average molecular weight is 256 g/mol.